The molecule has 1 aliphatic rings. The summed E-state index contributed by atoms with van der Waals surface area (Å²) in [6.45, 7) is 7.87. The first kappa shape index (κ1) is 21.2. The minimum absolute atomic E-state index is 0.0748. The quantitative estimate of drug-likeness (QED) is 0.742. The van der Waals surface area contributed by atoms with Gasteiger partial charge in [0.1, 0.15) is 16.5 Å². The van der Waals surface area contributed by atoms with Gasteiger partial charge < -0.3 is 9.80 Å². The summed E-state index contributed by atoms with van der Waals surface area (Å²) in [4.78, 5) is 28.9. The van der Waals surface area contributed by atoms with E-state index in [1.807, 2.05) is 30.6 Å². The molecule has 9 heteroatoms. The van der Waals surface area contributed by atoms with Crippen LogP contribution >= 0.6 is 11.6 Å². The van der Waals surface area contributed by atoms with E-state index < -0.39 is 22.6 Å². The Morgan fingerprint density at radius 3 is 2.48 bits per heavy atom. The summed E-state index contributed by atoms with van der Waals surface area (Å²) in [5.74, 6) is -1.58. The molecule has 156 valence electrons. The molecule has 0 saturated carbocycles. The molecular weight excluding hydrogens is 402 g/mol. The van der Waals surface area contributed by atoms with Gasteiger partial charge in [-0.15, -0.1) is 0 Å². The first-order valence-corrected chi connectivity index (χ1v) is 9.75. The predicted molar refractivity (Wildman–Crippen MR) is 108 cm³/mol. The summed E-state index contributed by atoms with van der Waals surface area (Å²) < 4.78 is 28.0. The molecule has 1 aromatic heterocycles. The van der Waals surface area contributed by atoms with Gasteiger partial charge in [-0.25, -0.2) is 8.78 Å². The van der Waals surface area contributed by atoms with Gasteiger partial charge >= 0.3 is 0 Å². The Morgan fingerprint density at radius 2 is 1.83 bits per heavy atom. The van der Waals surface area contributed by atoms with Gasteiger partial charge in [0.05, 0.1) is 11.9 Å². The number of anilines is 1. The van der Waals surface area contributed by atoms with Crippen molar-refractivity contribution in [3.05, 3.63) is 51.4 Å². The lowest BCUT2D eigenvalue weighted by molar-refractivity contribution is -0.139. The molecule has 0 N–H and O–H groups in total. The Hall–Kier alpha value is -2.48. The van der Waals surface area contributed by atoms with Gasteiger partial charge in [0.15, 0.2) is 5.82 Å². The van der Waals surface area contributed by atoms with E-state index in [-0.39, 0.29) is 16.6 Å². The van der Waals surface area contributed by atoms with Crippen molar-refractivity contribution in [2.24, 2.45) is 5.41 Å². The fourth-order valence-corrected chi connectivity index (χ4v) is 3.55. The molecule has 2 aromatic rings. The van der Waals surface area contributed by atoms with Crippen molar-refractivity contribution in [1.82, 2.24) is 14.7 Å². The maximum atomic E-state index is 14.0. The summed E-state index contributed by atoms with van der Waals surface area (Å²) in [5.41, 5.74) is -0.904. The highest BCUT2D eigenvalue weighted by Crippen LogP contribution is 2.25. The van der Waals surface area contributed by atoms with Gasteiger partial charge in [0.25, 0.3) is 5.56 Å². The van der Waals surface area contributed by atoms with E-state index in [0.29, 0.717) is 44.4 Å². The number of carbonyl (C=O) groups excluding carboxylic acids is 1. The highest BCUT2D eigenvalue weighted by Gasteiger charge is 2.29. The number of benzene rings is 1. The van der Waals surface area contributed by atoms with Gasteiger partial charge in [-0.1, -0.05) is 32.4 Å². The second-order valence-corrected chi connectivity index (χ2v) is 8.42. The zero-order chi connectivity index (χ0) is 21.3. The molecule has 2 heterocycles. The topological polar surface area (TPSA) is 58.4 Å². The number of aromatic nitrogens is 2. The third kappa shape index (κ3) is 4.42. The zero-order valence-electron chi connectivity index (χ0n) is 16.6. The van der Waals surface area contributed by atoms with E-state index >= 15 is 0 Å². The molecule has 0 spiro atoms. The molecule has 1 amide bonds. The average Bonchev–Trinajstić information content (AvgIpc) is 2.89. The molecule has 1 aliphatic heterocycles. The molecule has 1 aromatic carbocycles. The van der Waals surface area contributed by atoms with E-state index in [1.165, 1.54) is 6.20 Å². The minimum Gasteiger partial charge on any atom is -0.367 e. The molecule has 6 nitrogen and oxygen atoms in total. The molecule has 1 fully saturated rings. The van der Waals surface area contributed by atoms with Crippen LogP contribution < -0.4 is 10.5 Å². The van der Waals surface area contributed by atoms with Gasteiger partial charge in [-0.05, 0) is 18.6 Å². The second kappa shape index (κ2) is 8.10. The highest BCUT2D eigenvalue weighted by atomic mass is 35.5. The van der Waals surface area contributed by atoms with Crippen LogP contribution in [0.1, 0.15) is 27.2 Å². The monoisotopic (exact) mass is 424 g/mol. The minimum atomic E-state index is -0.908. The number of nitrogens with zero attached hydrogens (tertiary/aromatic N) is 4. The van der Waals surface area contributed by atoms with Crippen molar-refractivity contribution >= 4 is 23.2 Å². The van der Waals surface area contributed by atoms with E-state index in [1.54, 1.807) is 0 Å². The fourth-order valence-electron chi connectivity index (χ4n) is 3.30. The van der Waals surface area contributed by atoms with Crippen molar-refractivity contribution in [3.8, 4) is 5.69 Å². The first-order chi connectivity index (χ1) is 13.6. The lowest BCUT2D eigenvalue weighted by Gasteiger charge is -2.28. The predicted octanol–water partition coefficient (Wildman–Crippen LogP) is 3.25. The van der Waals surface area contributed by atoms with Crippen LogP contribution in [-0.2, 0) is 4.79 Å². The zero-order valence-corrected chi connectivity index (χ0v) is 17.3. The summed E-state index contributed by atoms with van der Waals surface area (Å²) in [7, 11) is 0. The van der Waals surface area contributed by atoms with Crippen LogP contribution in [0.5, 0.6) is 0 Å². The molecule has 29 heavy (non-hydrogen) atoms. The molecule has 0 atom stereocenters. The normalized spacial score (nSPS) is 15.4. The number of rotatable bonds is 2. The van der Waals surface area contributed by atoms with Crippen molar-refractivity contribution < 1.29 is 13.6 Å². The van der Waals surface area contributed by atoms with Crippen LogP contribution in [-0.4, -0.2) is 46.8 Å². The van der Waals surface area contributed by atoms with Crippen molar-refractivity contribution in [1.29, 1.82) is 0 Å². The third-order valence-electron chi connectivity index (χ3n) is 4.80. The van der Waals surface area contributed by atoms with Crippen LogP contribution in [0, 0.1) is 17.0 Å². The smallest absolute Gasteiger partial charge is 0.292 e. The van der Waals surface area contributed by atoms with Crippen LogP contribution in [0.25, 0.3) is 5.69 Å². The largest absolute Gasteiger partial charge is 0.367 e. The molecular formula is C20H23ClF2N4O2. The van der Waals surface area contributed by atoms with Gasteiger partial charge in [-0.2, -0.15) is 9.78 Å². The van der Waals surface area contributed by atoms with Gasteiger partial charge in [0, 0.05) is 37.7 Å². The second-order valence-electron chi connectivity index (χ2n) is 8.04. The highest BCUT2D eigenvalue weighted by molar-refractivity contribution is 6.33. The van der Waals surface area contributed by atoms with E-state index in [4.69, 9.17) is 11.6 Å². The Morgan fingerprint density at radius 1 is 1.10 bits per heavy atom. The molecule has 0 bridgehead atoms. The SMILES string of the molecule is CC(C)(C)C(=O)N1CCCN(c2cnn(-c3ccc(F)cc3F)c(=O)c2Cl)CC1. The van der Waals surface area contributed by atoms with Crippen molar-refractivity contribution in [3.63, 3.8) is 0 Å². The number of halogens is 3. The fraction of sp³-hybridized carbons (Fsp3) is 0.450. The summed E-state index contributed by atoms with van der Waals surface area (Å²) in [5, 5.41) is 3.94. The molecule has 0 aliphatic carbocycles. The Labute approximate surface area is 172 Å². The Balaban J connectivity index is 1.86. The molecule has 3 rings (SSSR count). The van der Waals surface area contributed by atoms with Crippen molar-refractivity contribution in [2.45, 2.75) is 27.2 Å². The third-order valence-corrected chi connectivity index (χ3v) is 5.16. The average molecular weight is 425 g/mol. The number of hydrogen-bond donors (Lipinski definition) is 0. The molecule has 0 radical (unpaired) electrons. The summed E-state index contributed by atoms with van der Waals surface area (Å²) in [6.07, 6.45) is 2.11. The van der Waals surface area contributed by atoms with E-state index in [0.717, 1.165) is 16.8 Å². The molecule has 0 unspecified atom stereocenters. The first-order valence-electron chi connectivity index (χ1n) is 9.37. The Bertz CT molecular complexity index is 987. The number of carbonyl (C=O) groups is 1. The van der Waals surface area contributed by atoms with E-state index in [2.05, 4.69) is 5.10 Å². The van der Waals surface area contributed by atoms with Crippen molar-refractivity contribution in [2.75, 3.05) is 31.1 Å². The van der Waals surface area contributed by atoms with Gasteiger partial charge in [0.2, 0.25) is 5.91 Å². The van der Waals surface area contributed by atoms with Crippen LogP contribution in [0.3, 0.4) is 0 Å². The summed E-state index contributed by atoms with van der Waals surface area (Å²) in [6, 6.07) is 2.86. The van der Waals surface area contributed by atoms with Crippen LogP contribution in [0.2, 0.25) is 5.02 Å². The maximum absolute atomic E-state index is 14.0. The summed E-state index contributed by atoms with van der Waals surface area (Å²) >= 11 is 6.30. The molecule has 1 saturated heterocycles. The van der Waals surface area contributed by atoms with Crippen LogP contribution in [0.4, 0.5) is 14.5 Å². The number of amides is 1. The van der Waals surface area contributed by atoms with E-state index in [9.17, 15) is 18.4 Å². The lowest BCUT2D eigenvalue weighted by atomic mass is 9.94. The number of hydrogen-bond acceptors (Lipinski definition) is 4. The maximum Gasteiger partial charge on any atom is 0.292 e. The van der Waals surface area contributed by atoms with Crippen LogP contribution in [0.15, 0.2) is 29.2 Å². The van der Waals surface area contributed by atoms with Gasteiger partial charge in [-0.3, -0.25) is 9.59 Å². The standard InChI is InChI=1S/C20H23ClF2N4O2/c1-20(2,3)19(29)26-8-4-7-25(9-10-26)16-12-24-27(18(28)17(16)21)15-6-5-13(22)11-14(15)23/h5-6,11-12H,4,7-10H2,1-3H3. The lowest BCUT2D eigenvalue weighted by Crippen LogP contribution is -2.41. The Kier molecular flexibility index (Phi) is 5.93.